The lowest BCUT2D eigenvalue weighted by Gasteiger charge is -2.04. The van der Waals surface area contributed by atoms with Gasteiger partial charge < -0.3 is 14.8 Å². The summed E-state index contributed by atoms with van der Waals surface area (Å²) in [5.41, 5.74) is 1.69. The first-order valence-corrected chi connectivity index (χ1v) is 5.05. The molecule has 0 spiro atoms. The summed E-state index contributed by atoms with van der Waals surface area (Å²) in [4.78, 5) is 18.5. The molecular formula is C12H12N2O3. The standard InChI is InChI=1S/C12H12N2O3/c1-7-13-6-10(14-7)8-3-4-11(15)9(5-8)12(16)17-2/h3-6,15H,1-2H3,(H,13,14). The average molecular weight is 232 g/mol. The van der Waals surface area contributed by atoms with Gasteiger partial charge in [0.25, 0.3) is 0 Å². The number of rotatable bonds is 2. The van der Waals surface area contributed by atoms with E-state index in [-0.39, 0.29) is 11.3 Å². The van der Waals surface area contributed by atoms with Gasteiger partial charge in [0.05, 0.1) is 19.0 Å². The number of aromatic amines is 1. The van der Waals surface area contributed by atoms with E-state index in [1.807, 2.05) is 6.92 Å². The van der Waals surface area contributed by atoms with E-state index in [9.17, 15) is 9.90 Å². The summed E-state index contributed by atoms with van der Waals surface area (Å²) in [6.45, 7) is 1.84. The van der Waals surface area contributed by atoms with E-state index in [1.54, 1.807) is 18.3 Å². The van der Waals surface area contributed by atoms with Crippen LogP contribution in [0.25, 0.3) is 11.3 Å². The third kappa shape index (κ3) is 2.13. The van der Waals surface area contributed by atoms with Gasteiger partial charge in [-0.2, -0.15) is 0 Å². The van der Waals surface area contributed by atoms with Crippen LogP contribution in [0.3, 0.4) is 0 Å². The molecule has 0 aliphatic carbocycles. The van der Waals surface area contributed by atoms with E-state index in [2.05, 4.69) is 14.7 Å². The fourth-order valence-corrected chi connectivity index (χ4v) is 1.54. The van der Waals surface area contributed by atoms with Crippen molar-refractivity contribution in [2.75, 3.05) is 7.11 Å². The molecule has 0 radical (unpaired) electrons. The van der Waals surface area contributed by atoms with Crippen LogP contribution in [0.4, 0.5) is 0 Å². The van der Waals surface area contributed by atoms with Crippen LogP contribution < -0.4 is 0 Å². The summed E-state index contributed by atoms with van der Waals surface area (Å²) in [6, 6.07) is 4.72. The zero-order valence-corrected chi connectivity index (χ0v) is 9.52. The van der Waals surface area contributed by atoms with Gasteiger partial charge in [0.1, 0.15) is 17.1 Å². The zero-order chi connectivity index (χ0) is 12.4. The summed E-state index contributed by atoms with van der Waals surface area (Å²) < 4.78 is 4.59. The van der Waals surface area contributed by atoms with E-state index >= 15 is 0 Å². The lowest BCUT2D eigenvalue weighted by Crippen LogP contribution is -2.01. The van der Waals surface area contributed by atoms with Gasteiger partial charge in [0, 0.05) is 5.56 Å². The number of aryl methyl sites for hydroxylation is 1. The van der Waals surface area contributed by atoms with E-state index in [0.29, 0.717) is 0 Å². The third-order valence-corrected chi connectivity index (χ3v) is 2.42. The molecule has 0 aliphatic heterocycles. The maximum atomic E-state index is 11.4. The minimum Gasteiger partial charge on any atom is -0.507 e. The van der Waals surface area contributed by atoms with Crippen molar-refractivity contribution in [1.29, 1.82) is 0 Å². The number of methoxy groups -OCH3 is 1. The van der Waals surface area contributed by atoms with Crippen LogP contribution in [0.5, 0.6) is 5.75 Å². The molecule has 88 valence electrons. The van der Waals surface area contributed by atoms with Crippen molar-refractivity contribution in [3.8, 4) is 17.0 Å². The number of aromatic nitrogens is 2. The Morgan fingerprint density at radius 1 is 1.47 bits per heavy atom. The summed E-state index contributed by atoms with van der Waals surface area (Å²) in [6.07, 6.45) is 1.67. The number of carbonyl (C=O) groups is 1. The minimum absolute atomic E-state index is 0.100. The van der Waals surface area contributed by atoms with Crippen LogP contribution >= 0.6 is 0 Å². The minimum atomic E-state index is -0.569. The van der Waals surface area contributed by atoms with E-state index in [1.165, 1.54) is 13.2 Å². The predicted octanol–water partition coefficient (Wildman–Crippen LogP) is 1.88. The lowest BCUT2D eigenvalue weighted by atomic mass is 10.1. The van der Waals surface area contributed by atoms with Crippen LogP contribution in [0, 0.1) is 6.92 Å². The number of H-pyrrole nitrogens is 1. The molecule has 0 unspecified atom stereocenters. The van der Waals surface area contributed by atoms with Crippen molar-refractivity contribution < 1.29 is 14.6 Å². The predicted molar refractivity (Wildman–Crippen MR) is 61.8 cm³/mol. The number of phenols is 1. The smallest absolute Gasteiger partial charge is 0.341 e. The fraction of sp³-hybridized carbons (Fsp3) is 0.167. The Kier molecular flexibility index (Phi) is 2.82. The van der Waals surface area contributed by atoms with Crippen molar-refractivity contribution in [2.24, 2.45) is 0 Å². The first-order chi connectivity index (χ1) is 8.11. The molecule has 1 aromatic heterocycles. The molecular weight excluding hydrogens is 220 g/mol. The fourth-order valence-electron chi connectivity index (χ4n) is 1.54. The van der Waals surface area contributed by atoms with Gasteiger partial charge in [-0.25, -0.2) is 9.78 Å². The molecule has 0 fully saturated rings. The van der Waals surface area contributed by atoms with Crippen LogP contribution in [-0.2, 0) is 4.74 Å². The topological polar surface area (TPSA) is 75.2 Å². The first-order valence-electron chi connectivity index (χ1n) is 5.05. The van der Waals surface area contributed by atoms with Crippen molar-refractivity contribution >= 4 is 5.97 Å². The van der Waals surface area contributed by atoms with Gasteiger partial charge in [0.15, 0.2) is 0 Å². The molecule has 0 saturated heterocycles. The summed E-state index contributed by atoms with van der Waals surface area (Å²) in [7, 11) is 1.27. The second-order valence-electron chi connectivity index (χ2n) is 3.61. The molecule has 2 rings (SSSR count). The number of carbonyl (C=O) groups excluding carboxylic acids is 1. The molecule has 0 bridgehead atoms. The summed E-state index contributed by atoms with van der Waals surface area (Å²) in [5, 5.41) is 9.56. The molecule has 2 N–H and O–H groups in total. The molecule has 1 aromatic carbocycles. The molecule has 17 heavy (non-hydrogen) atoms. The molecule has 5 heteroatoms. The monoisotopic (exact) mass is 232 g/mol. The van der Waals surface area contributed by atoms with Gasteiger partial charge in [0.2, 0.25) is 0 Å². The number of hydrogen-bond donors (Lipinski definition) is 2. The van der Waals surface area contributed by atoms with Gasteiger partial charge in [-0.3, -0.25) is 0 Å². The summed E-state index contributed by atoms with van der Waals surface area (Å²) in [5.74, 6) is 0.116. The highest BCUT2D eigenvalue weighted by atomic mass is 16.5. The third-order valence-electron chi connectivity index (χ3n) is 2.42. The highest BCUT2D eigenvalue weighted by molar-refractivity contribution is 5.93. The van der Waals surface area contributed by atoms with E-state index in [4.69, 9.17) is 0 Å². The second-order valence-corrected chi connectivity index (χ2v) is 3.61. The van der Waals surface area contributed by atoms with Gasteiger partial charge in [-0.1, -0.05) is 0 Å². The number of ether oxygens (including phenoxy) is 1. The van der Waals surface area contributed by atoms with E-state index < -0.39 is 5.97 Å². The highest BCUT2D eigenvalue weighted by Gasteiger charge is 2.13. The number of esters is 1. The lowest BCUT2D eigenvalue weighted by molar-refractivity contribution is 0.0597. The normalized spacial score (nSPS) is 10.2. The number of phenolic OH excluding ortho intramolecular Hbond substituents is 1. The van der Waals surface area contributed by atoms with Crippen LogP contribution in [0.2, 0.25) is 0 Å². The largest absolute Gasteiger partial charge is 0.507 e. The van der Waals surface area contributed by atoms with Crippen LogP contribution in [0.1, 0.15) is 16.2 Å². The van der Waals surface area contributed by atoms with Gasteiger partial charge in [-0.15, -0.1) is 0 Å². The maximum absolute atomic E-state index is 11.4. The van der Waals surface area contributed by atoms with Crippen LogP contribution in [0.15, 0.2) is 24.4 Å². The zero-order valence-electron chi connectivity index (χ0n) is 9.52. The number of benzene rings is 1. The molecule has 0 amide bonds. The van der Waals surface area contributed by atoms with Crippen molar-refractivity contribution in [1.82, 2.24) is 9.97 Å². The SMILES string of the molecule is COC(=O)c1cc(-c2cnc(C)[nH]2)ccc1O. The van der Waals surface area contributed by atoms with Crippen molar-refractivity contribution in [3.05, 3.63) is 35.8 Å². The quantitative estimate of drug-likeness (QED) is 0.775. The van der Waals surface area contributed by atoms with Crippen molar-refractivity contribution in [2.45, 2.75) is 6.92 Å². The van der Waals surface area contributed by atoms with E-state index in [0.717, 1.165) is 17.1 Å². The van der Waals surface area contributed by atoms with Crippen LogP contribution in [-0.4, -0.2) is 28.2 Å². The Bertz CT molecular complexity index is 561. The van der Waals surface area contributed by atoms with Gasteiger partial charge >= 0.3 is 5.97 Å². The Morgan fingerprint density at radius 2 is 2.24 bits per heavy atom. The van der Waals surface area contributed by atoms with Crippen molar-refractivity contribution in [3.63, 3.8) is 0 Å². The molecule has 0 atom stereocenters. The maximum Gasteiger partial charge on any atom is 0.341 e. The number of aromatic hydroxyl groups is 1. The Hall–Kier alpha value is -2.30. The molecule has 5 nitrogen and oxygen atoms in total. The molecule has 0 aliphatic rings. The molecule has 0 saturated carbocycles. The number of nitrogens with one attached hydrogen (secondary N) is 1. The average Bonchev–Trinajstić information content (AvgIpc) is 2.75. The summed E-state index contributed by atoms with van der Waals surface area (Å²) >= 11 is 0. The Balaban J connectivity index is 2.47. The second kappa shape index (κ2) is 4.29. The van der Waals surface area contributed by atoms with Gasteiger partial charge in [-0.05, 0) is 25.1 Å². The Labute approximate surface area is 98.1 Å². The number of hydrogen-bond acceptors (Lipinski definition) is 4. The number of imidazole rings is 1. The highest BCUT2D eigenvalue weighted by Crippen LogP contribution is 2.25. The molecule has 2 aromatic rings. The number of nitrogens with zero attached hydrogens (tertiary/aromatic N) is 1. The Morgan fingerprint density at radius 3 is 2.82 bits per heavy atom. The molecule has 1 heterocycles. The first kappa shape index (κ1) is 11.2.